The Morgan fingerprint density at radius 2 is 1.88 bits per heavy atom. The number of hydrogen-bond acceptors (Lipinski definition) is 4. The number of hydrogen-bond donors (Lipinski definition) is 2. The fourth-order valence-electron chi connectivity index (χ4n) is 2.10. The Morgan fingerprint density at radius 3 is 2.40 bits per heavy atom. The third-order valence-electron chi connectivity index (χ3n) is 3.11. The molecule has 0 heterocycles. The minimum atomic E-state index is -1.68. The molecule has 0 fully saturated rings. The first-order chi connectivity index (χ1) is 11.5. The lowest BCUT2D eigenvalue weighted by Crippen LogP contribution is -2.49. The summed E-state index contributed by atoms with van der Waals surface area (Å²) < 4.78 is 20.0. The second-order valence-electron chi connectivity index (χ2n) is 7.38. The lowest BCUT2D eigenvalue weighted by Gasteiger charge is -2.24. The molecule has 140 valence electrons. The molecule has 1 rings (SSSR count). The van der Waals surface area contributed by atoms with Crippen LogP contribution in [0.2, 0.25) is 0 Å². The summed E-state index contributed by atoms with van der Waals surface area (Å²) in [5.74, 6) is -0.336. The Morgan fingerprint density at radius 1 is 1.24 bits per heavy atom. The quantitative estimate of drug-likeness (QED) is 0.808. The standard InChI is InChI=1S/C18H28N2O4S/c1-12(2)10-15(19-17(22)24-18(4,5)6)16(21)20-25(23)14-9-7-8-13(3)11-14/h7-9,11-12,15H,10H2,1-6H3,(H,19,22)(H,20,21). The molecule has 0 aliphatic heterocycles. The van der Waals surface area contributed by atoms with Gasteiger partial charge in [-0.25, -0.2) is 9.00 Å². The summed E-state index contributed by atoms with van der Waals surface area (Å²) in [7, 11) is -1.68. The van der Waals surface area contributed by atoms with E-state index in [1.165, 1.54) is 0 Å². The van der Waals surface area contributed by atoms with E-state index in [1.54, 1.807) is 39.0 Å². The zero-order valence-corrected chi connectivity index (χ0v) is 16.5. The normalized spacial score (nSPS) is 13.9. The predicted octanol–water partition coefficient (Wildman–Crippen LogP) is 3.07. The second kappa shape index (κ2) is 8.99. The minimum Gasteiger partial charge on any atom is -0.444 e. The van der Waals surface area contributed by atoms with Gasteiger partial charge in [0.2, 0.25) is 0 Å². The largest absolute Gasteiger partial charge is 0.444 e. The van der Waals surface area contributed by atoms with Crippen molar-refractivity contribution in [3.8, 4) is 0 Å². The molecule has 0 aliphatic rings. The fourth-order valence-corrected chi connectivity index (χ4v) is 3.04. The average Bonchev–Trinajstić information content (AvgIpc) is 2.43. The van der Waals surface area contributed by atoms with Crippen molar-refractivity contribution in [3.63, 3.8) is 0 Å². The SMILES string of the molecule is Cc1cccc(S(=O)NC(=O)C(CC(C)C)NC(=O)OC(C)(C)C)c1. The van der Waals surface area contributed by atoms with Gasteiger partial charge in [0.15, 0.2) is 11.0 Å². The molecule has 0 aromatic heterocycles. The maximum absolute atomic E-state index is 12.5. The van der Waals surface area contributed by atoms with Gasteiger partial charge < -0.3 is 10.1 Å². The van der Waals surface area contributed by atoms with Crippen molar-refractivity contribution < 1.29 is 18.5 Å². The smallest absolute Gasteiger partial charge is 0.408 e. The summed E-state index contributed by atoms with van der Waals surface area (Å²) in [4.78, 5) is 24.9. The molecular weight excluding hydrogens is 340 g/mol. The van der Waals surface area contributed by atoms with Gasteiger partial charge in [-0.05, 0) is 57.7 Å². The highest BCUT2D eigenvalue weighted by Crippen LogP contribution is 2.11. The van der Waals surface area contributed by atoms with Crippen molar-refractivity contribution in [1.29, 1.82) is 0 Å². The lowest BCUT2D eigenvalue weighted by atomic mass is 10.0. The van der Waals surface area contributed by atoms with E-state index < -0.39 is 34.6 Å². The Labute approximate surface area is 152 Å². The zero-order chi connectivity index (χ0) is 19.2. The number of rotatable bonds is 6. The van der Waals surface area contributed by atoms with Gasteiger partial charge in [-0.2, -0.15) is 0 Å². The van der Waals surface area contributed by atoms with Crippen LogP contribution in [0, 0.1) is 12.8 Å². The Bertz CT molecular complexity index is 638. The van der Waals surface area contributed by atoms with E-state index in [0.717, 1.165) is 5.56 Å². The monoisotopic (exact) mass is 368 g/mol. The van der Waals surface area contributed by atoms with Crippen LogP contribution in [-0.4, -0.2) is 27.9 Å². The molecule has 0 aliphatic carbocycles. The van der Waals surface area contributed by atoms with Crippen molar-refractivity contribution in [2.45, 2.75) is 64.5 Å². The van der Waals surface area contributed by atoms with Gasteiger partial charge in [-0.3, -0.25) is 9.52 Å². The fraction of sp³-hybridized carbons (Fsp3) is 0.556. The lowest BCUT2D eigenvalue weighted by molar-refractivity contribution is -0.121. The van der Waals surface area contributed by atoms with Crippen molar-refractivity contribution in [1.82, 2.24) is 10.0 Å². The highest BCUT2D eigenvalue weighted by molar-refractivity contribution is 7.83. The van der Waals surface area contributed by atoms with Gasteiger partial charge >= 0.3 is 6.09 Å². The van der Waals surface area contributed by atoms with Gasteiger partial charge in [-0.1, -0.05) is 26.0 Å². The maximum Gasteiger partial charge on any atom is 0.408 e. The van der Waals surface area contributed by atoms with Crippen molar-refractivity contribution in [2.24, 2.45) is 5.92 Å². The molecule has 0 bridgehead atoms. The van der Waals surface area contributed by atoms with Crippen molar-refractivity contribution in [3.05, 3.63) is 29.8 Å². The molecule has 6 nitrogen and oxygen atoms in total. The van der Waals surface area contributed by atoms with Gasteiger partial charge in [0.25, 0.3) is 5.91 Å². The van der Waals surface area contributed by atoms with Crippen LogP contribution in [0.5, 0.6) is 0 Å². The van der Waals surface area contributed by atoms with E-state index in [0.29, 0.717) is 11.3 Å². The van der Waals surface area contributed by atoms with E-state index >= 15 is 0 Å². The molecular formula is C18H28N2O4S. The number of carbonyl (C=O) groups is 2. The molecule has 25 heavy (non-hydrogen) atoms. The number of alkyl carbamates (subject to hydrolysis) is 1. The van der Waals surface area contributed by atoms with Gasteiger partial charge in [0.05, 0.1) is 4.90 Å². The Balaban J connectivity index is 2.79. The van der Waals surface area contributed by atoms with Crippen LogP contribution in [0.3, 0.4) is 0 Å². The van der Waals surface area contributed by atoms with Crippen LogP contribution in [0.15, 0.2) is 29.2 Å². The number of amides is 2. The van der Waals surface area contributed by atoms with Gasteiger partial charge in [0.1, 0.15) is 11.6 Å². The van der Waals surface area contributed by atoms with Crippen LogP contribution in [0.1, 0.15) is 46.6 Å². The van der Waals surface area contributed by atoms with Crippen LogP contribution >= 0.6 is 0 Å². The molecule has 2 unspecified atom stereocenters. The molecule has 0 radical (unpaired) electrons. The van der Waals surface area contributed by atoms with Gasteiger partial charge in [0, 0.05) is 0 Å². The van der Waals surface area contributed by atoms with Crippen molar-refractivity contribution >= 4 is 23.0 Å². The van der Waals surface area contributed by atoms with E-state index in [1.807, 2.05) is 26.8 Å². The zero-order valence-electron chi connectivity index (χ0n) is 15.7. The molecule has 0 saturated heterocycles. The third-order valence-corrected chi connectivity index (χ3v) is 4.18. The van der Waals surface area contributed by atoms with Crippen LogP contribution in [0.25, 0.3) is 0 Å². The second-order valence-corrected chi connectivity index (χ2v) is 8.59. The molecule has 2 amide bonds. The molecule has 7 heteroatoms. The summed E-state index contributed by atoms with van der Waals surface area (Å²) in [5.41, 5.74) is 0.290. The minimum absolute atomic E-state index is 0.165. The molecule has 1 aromatic rings. The summed E-state index contributed by atoms with van der Waals surface area (Å²) in [6, 6.07) is 6.27. The van der Waals surface area contributed by atoms with Crippen molar-refractivity contribution in [2.75, 3.05) is 0 Å². The topological polar surface area (TPSA) is 84.5 Å². The summed E-state index contributed by atoms with van der Waals surface area (Å²) in [5, 5.41) is 2.57. The summed E-state index contributed by atoms with van der Waals surface area (Å²) >= 11 is 0. The first-order valence-electron chi connectivity index (χ1n) is 8.26. The molecule has 2 atom stereocenters. The number of aryl methyl sites for hydroxylation is 1. The van der Waals surface area contributed by atoms with Crippen LogP contribution in [-0.2, 0) is 20.5 Å². The van der Waals surface area contributed by atoms with Gasteiger partial charge in [-0.15, -0.1) is 0 Å². The number of nitrogens with one attached hydrogen (secondary N) is 2. The first kappa shape index (κ1) is 21.2. The molecule has 0 saturated carbocycles. The van der Waals surface area contributed by atoms with E-state index in [2.05, 4.69) is 10.0 Å². The van der Waals surface area contributed by atoms with E-state index in [9.17, 15) is 13.8 Å². The number of carbonyl (C=O) groups excluding carboxylic acids is 2. The Kier molecular flexibility index (Phi) is 7.60. The predicted molar refractivity (Wildman–Crippen MR) is 98.3 cm³/mol. The number of benzene rings is 1. The molecule has 2 N–H and O–H groups in total. The third kappa shape index (κ3) is 8.16. The first-order valence-corrected chi connectivity index (χ1v) is 9.41. The highest BCUT2D eigenvalue weighted by atomic mass is 32.2. The average molecular weight is 368 g/mol. The number of ether oxygens (including phenoxy) is 1. The summed E-state index contributed by atoms with van der Waals surface area (Å²) in [6.45, 7) is 11.0. The van der Waals surface area contributed by atoms with E-state index in [4.69, 9.17) is 4.74 Å². The highest BCUT2D eigenvalue weighted by Gasteiger charge is 2.26. The summed E-state index contributed by atoms with van der Waals surface area (Å²) in [6.07, 6.45) is -0.259. The van der Waals surface area contributed by atoms with Crippen LogP contribution in [0.4, 0.5) is 4.79 Å². The molecule has 0 spiro atoms. The molecule has 1 aromatic carbocycles. The Hall–Kier alpha value is -1.89. The van der Waals surface area contributed by atoms with E-state index in [-0.39, 0.29) is 5.92 Å². The maximum atomic E-state index is 12.5. The van der Waals surface area contributed by atoms with Crippen LogP contribution < -0.4 is 10.0 Å².